The van der Waals surface area contributed by atoms with E-state index >= 15 is 0 Å². The summed E-state index contributed by atoms with van der Waals surface area (Å²) in [5.74, 6) is -1.28. The van der Waals surface area contributed by atoms with Crippen LogP contribution >= 0.6 is 22.6 Å². The number of hydrogen-bond acceptors (Lipinski definition) is 2. The van der Waals surface area contributed by atoms with E-state index < -0.39 is 11.5 Å². The Bertz CT molecular complexity index is 545. The van der Waals surface area contributed by atoms with Gasteiger partial charge in [0.2, 0.25) is 5.91 Å². The van der Waals surface area contributed by atoms with Crippen LogP contribution in [0.25, 0.3) is 6.08 Å². The van der Waals surface area contributed by atoms with Gasteiger partial charge >= 0.3 is 5.97 Å². The van der Waals surface area contributed by atoms with Crippen molar-refractivity contribution >= 4 is 40.5 Å². The van der Waals surface area contributed by atoms with Crippen LogP contribution in [-0.4, -0.2) is 22.5 Å². The quantitative estimate of drug-likeness (QED) is 0.604. The first kappa shape index (κ1) is 16.0. The predicted octanol–water partition coefficient (Wildman–Crippen LogP) is 3.21. The van der Waals surface area contributed by atoms with E-state index in [2.05, 4.69) is 27.9 Å². The topological polar surface area (TPSA) is 66.4 Å². The van der Waals surface area contributed by atoms with Crippen molar-refractivity contribution in [2.24, 2.45) is 0 Å². The van der Waals surface area contributed by atoms with Crippen LogP contribution in [0.1, 0.15) is 37.7 Å². The molecule has 2 N–H and O–H groups in total. The highest BCUT2D eigenvalue weighted by atomic mass is 127. The largest absolute Gasteiger partial charge is 0.480 e. The van der Waals surface area contributed by atoms with Gasteiger partial charge < -0.3 is 10.4 Å². The number of carbonyl (C=O) groups is 2. The Morgan fingerprint density at radius 1 is 1.14 bits per heavy atom. The molecule has 1 amide bonds. The molecule has 0 spiro atoms. The van der Waals surface area contributed by atoms with Crippen LogP contribution in [0, 0.1) is 3.57 Å². The lowest BCUT2D eigenvalue weighted by molar-refractivity contribution is -0.148. The summed E-state index contributed by atoms with van der Waals surface area (Å²) in [4.78, 5) is 23.5. The second-order valence-electron chi connectivity index (χ2n) is 5.32. The lowest BCUT2D eigenvalue weighted by Crippen LogP contribution is -2.55. The third-order valence-corrected chi connectivity index (χ3v) is 4.50. The molecule has 1 aromatic rings. The van der Waals surface area contributed by atoms with E-state index in [1.165, 1.54) is 6.08 Å². The Morgan fingerprint density at radius 3 is 2.33 bits per heavy atom. The number of halogens is 1. The molecule has 1 aliphatic carbocycles. The Morgan fingerprint density at radius 2 is 1.76 bits per heavy atom. The molecule has 4 nitrogen and oxygen atoms in total. The monoisotopic (exact) mass is 399 g/mol. The summed E-state index contributed by atoms with van der Waals surface area (Å²) in [6, 6.07) is 7.74. The Labute approximate surface area is 137 Å². The van der Waals surface area contributed by atoms with Crippen LogP contribution in [0.15, 0.2) is 30.3 Å². The molecule has 2 rings (SSSR count). The van der Waals surface area contributed by atoms with Gasteiger partial charge in [0.25, 0.3) is 0 Å². The lowest BCUT2D eigenvalue weighted by Gasteiger charge is -2.33. The normalized spacial score (nSPS) is 17.6. The number of benzene rings is 1. The molecular formula is C16H18INO3. The fourth-order valence-electron chi connectivity index (χ4n) is 2.57. The van der Waals surface area contributed by atoms with Gasteiger partial charge in [0.15, 0.2) is 0 Å². The van der Waals surface area contributed by atoms with Gasteiger partial charge in [-0.25, -0.2) is 4.79 Å². The minimum Gasteiger partial charge on any atom is -0.480 e. The third-order valence-electron chi connectivity index (χ3n) is 3.78. The first-order chi connectivity index (χ1) is 10.0. The molecule has 0 radical (unpaired) electrons. The number of aliphatic carboxylic acids is 1. The number of carbonyl (C=O) groups excluding carboxylic acids is 1. The number of carboxylic acid groups (broad SMARTS) is 1. The maximum absolute atomic E-state index is 12.0. The summed E-state index contributed by atoms with van der Waals surface area (Å²) < 4.78 is 1.13. The first-order valence-corrected chi connectivity index (χ1v) is 8.09. The minimum atomic E-state index is -1.09. The van der Waals surface area contributed by atoms with Crippen LogP contribution in [-0.2, 0) is 9.59 Å². The van der Waals surface area contributed by atoms with E-state index in [9.17, 15) is 14.7 Å². The average Bonchev–Trinajstić information content (AvgIpc) is 2.47. The molecule has 1 aliphatic rings. The van der Waals surface area contributed by atoms with Crippen molar-refractivity contribution in [2.45, 2.75) is 37.6 Å². The summed E-state index contributed by atoms with van der Waals surface area (Å²) in [5.41, 5.74) is -0.176. The van der Waals surface area contributed by atoms with Crippen molar-refractivity contribution in [1.29, 1.82) is 0 Å². The SMILES string of the molecule is O=C(C=Cc1ccc(I)cc1)NC1(C(=O)O)CCCCC1. The number of nitrogens with one attached hydrogen (secondary N) is 1. The van der Waals surface area contributed by atoms with Crippen LogP contribution in [0.3, 0.4) is 0 Å². The van der Waals surface area contributed by atoms with E-state index in [-0.39, 0.29) is 5.91 Å². The van der Waals surface area contributed by atoms with Gasteiger partial charge in [0.1, 0.15) is 5.54 Å². The maximum atomic E-state index is 12.0. The molecule has 1 saturated carbocycles. The van der Waals surface area contributed by atoms with Gasteiger partial charge in [-0.3, -0.25) is 4.79 Å². The summed E-state index contributed by atoms with van der Waals surface area (Å²) >= 11 is 2.22. The molecule has 0 atom stereocenters. The maximum Gasteiger partial charge on any atom is 0.329 e. The summed E-state index contributed by atoms with van der Waals surface area (Å²) in [7, 11) is 0. The van der Waals surface area contributed by atoms with Crippen molar-refractivity contribution in [3.63, 3.8) is 0 Å². The summed E-state index contributed by atoms with van der Waals surface area (Å²) in [6.07, 6.45) is 6.83. The van der Waals surface area contributed by atoms with E-state index in [4.69, 9.17) is 0 Å². The van der Waals surface area contributed by atoms with E-state index in [0.29, 0.717) is 12.8 Å². The molecule has 0 bridgehead atoms. The molecule has 1 aromatic carbocycles. The van der Waals surface area contributed by atoms with Gasteiger partial charge in [-0.15, -0.1) is 0 Å². The highest BCUT2D eigenvalue weighted by Gasteiger charge is 2.40. The van der Waals surface area contributed by atoms with E-state index in [1.54, 1.807) is 6.08 Å². The molecule has 0 aliphatic heterocycles. The zero-order chi connectivity index (χ0) is 15.3. The Hall–Kier alpha value is -1.37. The molecule has 5 heteroatoms. The van der Waals surface area contributed by atoms with Crippen LogP contribution in [0.5, 0.6) is 0 Å². The molecule has 1 fully saturated rings. The third kappa shape index (κ3) is 4.30. The average molecular weight is 399 g/mol. The fraction of sp³-hybridized carbons (Fsp3) is 0.375. The van der Waals surface area contributed by atoms with Crippen LogP contribution < -0.4 is 5.32 Å². The van der Waals surface area contributed by atoms with Gasteiger partial charge in [-0.1, -0.05) is 31.4 Å². The Balaban J connectivity index is 2.02. The minimum absolute atomic E-state index is 0.349. The standard InChI is InChI=1S/C16H18INO3/c17-13-7-4-12(5-8-13)6-9-14(19)18-16(15(20)21)10-2-1-3-11-16/h4-9H,1-3,10-11H2,(H,18,19)(H,20,21). The molecule has 112 valence electrons. The molecular weight excluding hydrogens is 381 g/mol. The lowest BCUT2D eigenvalue weighted by atomic mass is 9.81. The smallest absolute Gasteiger partial charge is 0.329 e. The van der Waals surface area contributed by atoms with Crippen molar-refractivity contribution in [3.05, 3.63) is 39.5 Å². The van der Waals surface area contributed by atoms with E-state index in [0.717, 1.165) is 28.4 Å². The van der Waals surface area contributed by atoms with Crippen LogP contribution in [0.2, 0.25) is 0 Å². The fourth-order valence-corrected chi connectivity index (χ4v) is 2.93. The molecule has 0 saturated heterocycles. The molecule has 0 aromatic heterocycles. The number of carboxylic acids is 1. The number of hydrogen-bond donors (Lipinski definition) is 2. The number of rotatable bonds is 4. The molecule has 21 heavy (non-hydrogen) atoms. The van der Waals surface area contributed by atoms with E-state index in [1.807, 2.05) is 24.3 Å². The zero-order valence-corrected chi connectivity index (χ0v) is 13.8. The second kappa shape index (κ2) is 7.06. The van der Waals surface area contributed by atoms with Crippen molar-refractivity contribution in [2.75, 3.05) is 0 Å². The van der Waals surface area contributed by atoms with Gasteiger partial charge in [0.05, 0.1) is 0 Å². The second-order valence-corrected chi connectivity index (χ2v) is 6.57. The predicted molar refractivity (Wildman–Crippen MR) is 89.8 cm³/mol. The number of amides is 1. The molecule has 0 unspecified atom stereocenters. The molecule has 0 heterocycles. The van der Waals surface area contributed by atoms with Crippen molar-refractivity contribution in [3.8, 4) is 0 Å². The van der Waals surface area contributed by atoms with Crippen molar-refractivity contribution < 1.29 is 14.7 Å². The highest BCUT2D eigenvalue weighted by molar-refractivity contribution is 14.1. The highest BCUT2D eigenvalue weighted by Crippen LogP contribution is 2.28. The zero-order valence-electron chi connectivity index (χ0n) is 11.6. The van der Waals surface area contributed by atoms with Gasteiger partial charge in [-0.05, 0) is 59.2 Å². The summed E-state index contributed by atoms with van der Waals surface area (Å²) in [5, 5.41) is 12.1. The van der Waals surface area contributed by atoms with Gasteiger partial charge in [-0.2, -0.15) is 0 Å². The van der Waals surface area contributed by atoms with Gasteiger partial charge in [0, 0.05) is 9.65 Å². The first-order valence-electron chi connectivity index (χ1n) is 7.01. The van der Waals surface area contributed by atoms with Crippen molar-refractivity contribution in [1.82, 2.24) is 5.32 Å². The Kier molecular flexibility index (Phi) is 5.39. The summed E-state index contributed by atoms with van der Waals surface area (Å²) in [6.45, 7) is 0. The van der Waals surface area contributed by atoms with Crippen LogP contribution in [0.4, 0.5) is 0 Å².